The van der Waals surface area contributed by atoms with Crippen LogP contribution in [0, 0.1) is 5.41 Å². The molecule has 1 amide bonds. The smallest absolute Gasteiger partial charge is 0.234 e. The van der Waals surface area contributed by atoms with Gasteiger partial charge in [0.1, 0.15) is 0 Å². The van der Waals surface area contributed by atoms with Gasteiger partial charge in [-0.05, 0) is 54.6 Å². The first kappa shape index (κ1) is 23.7. The predicted molar refractivity (Wildman–Crippen MR) is 131 cm³/mol. The molecule has 7 heteroatoms. The molecule has 178 valence electrons. The van der Waals surface area contributed by atoms with E-state index in [-0.39, 0.29) is 11.3 Å². The lowest BCUT2D eigenvalue weighted by Crippen LogP contribution is -2.37. The maximum Gasteiger partial charge on any atom is 0.234 e. The van der Waals surface area contributed by atoms with Gasteiger partial charge >= 0.3 is 0 Å². The van der Waals surface area contributed by atoms with Gasteiger partial charge in [-0.25, -0.2) is 4.98 Å². The third kappa shape index (κ3) is 6.78. The van der Waals surface area contributed by atoms with Crippen molar-refractivity contribution in [2.24, 2.45) is 5.41 Å². The van der Waals surface area contributed by atoms with Gasteiger partial charge in [0.05, 0.1) is 13.2 Å². The Labute approximate surface area is 201 Å². The van der Waals surface area contributed by atoms with Crippen molar-refractivity contribution in [3.63, 3.8) is 0 Å². The Morgan fingerprint density at radius 3 is 2.74 bits per heavy atom. The molecule has 3 aromatic rings. The van der Waals surface area contributed by atoms with Gasteiger partial charge in [-0.3, -0.25) is 14.7 Å². The third-order valence-electron chi connectivity index (χ3n) is 5.83. The lowest BCUT2D eigenvalue weighted by atomic mass is 9.88. The summed E-state index contributed by atoms with van der Waals surface area (Å²) in [5.41, 5.74) is 1.89. The molecule has 0 saturated heterocycles. The summed E-state index contributed by atoms with van der Waals surface area (Å²) >= 11 is 0. The molecule has 1 aliphatic heterocycles. The minimum Gasteiger partial charge on any atom is -0.489 e. The second-order valence-corrected chi connectivity index (χ2v) is 9.42. The molecular weight excluding hydrogens is 428 g/mol. The maximum absolute atomic E-state index is 12.8. The van der Waals surface area contributed by atoms with E-state index in [1.165, 1.54) is 0 Å². The Hall–Kier alpha value is -3.45. The highest BCUT2D eigenvalue weighted by molar-refractivity contribution is 5.78. The van der Waals surface area contributed by atoms with Gasteiger partial charge in [-0.15, -0.1) is 0 Å². The van der Waals surface area contributed by atoms with Gasteiger partial charge in [0.2, 0.25) is 11.8 Å². The fraction of sp³-hybridized carbons (Fsp3) is 0.370. The van der Waals surface area contributed by atoms with E-state index < -0.39 is 0 Å². The number of nitrogens with one attached hydrogen (secondary N) is 1. The Balaban J connectivity index is 1.52. The molecular formula is C27H32N4O3. The number of hydrogen-bond acceptors (Lipinski definition) is 6. The molecule has 0 atom stereocenters. The number of carbonyl (C=O) groups is 1. The summed E-state index contributed by atoms with van der Waals surface area (Å²) in [4.78, 5) is 23.5. The highest BCUT2D eigenvalue weighted by Gasteiger charge is 2.23. The van der Waals surface area contributed by atoms with Crippen LogP contribution in [0.2, 0.25) is 0 Å². The number of hydrogen-bond donors (Lipinski definition) is 1. The van der Waals surface area contributed by atoms with Crippen LogP contribution in [-0.2, 0) is 17.9 Å². The molecule has 4 rings (SSSR count). The van der Waals surface area contributed by atoms with Crippen LogP contribution in [0.15, 0.2) is 67.1 Å². The van der Waals surface area contributed by atoms with E-state index in [1.54, 1.807) is 18.6 Å². The zero-order valence-electron chi connectivity index (χ0n) is 19.9. The first-order chi connectivity index (χ1) is 16.5. The van der Waals surface area contributed by atoms with E-state index in [0.29, 0.717) is 43.6 Å². The van der Waals surface area contributed by atoms with E-state index in [2.05, 4.69) is 34.0 Å². The molecule has 2 aromatic heterocycles. The Morgan fingerprint density at radius 2 is 1.91 bits per heavy atom. The van der Waals surface area contributed by atoms with Gasteiger partial charge in [-0.1, -0.05) is 38.1 Å². The Bertz CT molecular complexity index is 1090. The van der Waals surface area contributed by atoms with Crippen LogP contribution in [-0.4, -0.2) is 40.5 Å². The number of rotatable bonds is 4. The summed E-state index contributed by atoms with van der Waals surface area (Å²) in [7, 11) is 0. The van der Waals surface area contributed by atoms with E-state index in [4.69, 9.17) is 9.47 Å². The highest BCUT2D eigenvalue weighted by atomic mass is 16.5. The first-order valence-corrected chi connectivity index (χ1v) is 11.7. The molecule has 0 unspecified atom stereocenters. The molecule has 0 bridgehead atoms. The van der Waals surface area contributed by atoms with Gasteiger partial charge < -0.3 is 14.8 Å². The van der Waals surface area contributed by atoms with Crippen LogP contribution >= 0.6 is 0 Å². The van der Waals surface area contributed by atoms with Crippen LogP contribution in [0.25, 0.3) is 0 Å². The lowest BCUT2D eigenvalue weighted by Gasteiger charge is -2.27. The van der Waals surface area contributed by atoms with Crippen molar-refractivity contribution in [1.29, 1.82) is 0 Å². The van der Waals surface area contributed by atoms with Crippen molar-refractivity contribution < 1.29 is 14.3 Å². The molecule has 0 radical (unpaired) electrons. The molecule has 3 heterocycles. The highest BCUT2D eigenvalue weighted by Crippen LogP contribution is 2.34. The summed E-state index contributed by atoms with van der Waals surface area (Å²) in [6.07, 6.45) is 7.13. The van der Waals surface area contributed by atoms with Crippen molar-refractivity contribution >= 4 is 5.91 Å². The summed E-state index contributed by atoms with van der Waals surface area (Å²) in [6.45, 7) is 7.09. The molecule has 0 fully saturated rings. The van der Waals surface area contributed by atoms with Crippen molar-refractivity contribution in [3.05, 3.63) is 78.2 Å². The number of amides is 1. The van der Waals surface area contributed by atoms with Crippen molar-refractivity contribution in [3.8, 4) is 17.4 Å². The average molecular weight is 461 g/mol. The first-order valence-electron chi connectivity index (χ1n) is 11.7. The minimum atomic E-state index is -0.0209. The Morgan fingerprint density at radius 1 is 1.09 bits per heavy atom. The van der Waals surface area contributed by atoms with Gasteiger partial charge in [0.15, 0.2) is 11.5 Å². The predicted octanol–water partition coefficient (Wildman–Crippen LogP) is 4.59. The second-order valence-electron chi connectivity index (χ2n) is 9.42. The zero-order chi connectivity index (χ0) is 23.8. The number of carbonyl (C=O) groups excluding carboxylic acids is 1. The van der Waals surface area contributed by atoms with Crippen molar-refractivity contribution in [1.82, 2.24) is 20.2 Å². The van der Waals surface area contributed by atoms with Crippen LogP contribution in [0.4, 0.5) is 0 Å². The standard InChI is InChI=1S/C27H32N4O3/c1-27(2)12-7-15-31(19-25(32)30-17-21-8-5-13-28-16-21)18-22-9-6-14-29-26(22)34-24-11-4-3-10-23(24)33-20-27/h3-6,8-11,13-14,16H,7,12,15,17-20H2,1-2H3,(H,30,32). The van der Waals surface area contributed by atoms with Crippen LogP contribution < -0.4 is 14.8 Å². The van der Waals surface area contributed by atoms with Crippen LogP contribution in [0.1, 0.15) is 37.8 Å². The Kier molecular flexibility index (Phi) is 7.75. The molecule has 1 aliphatic rings. The van der Waals surface area contributed by atoms with Gasteiger partial charge in [0, 0.05) is 37.2 Å². The van der Waals surface area contributed by atoms with Crippen molar-refractivity contribution in [2.45, 2.75) is 39.8 Å². The number of pyridine rings is 2. The van der Waals surface area contributed by atoms with Crippen LogP contribution in [0.5, 0.6) is 17.4 Å². The quantitative estimate of drug-likeness (QED) is 0.614. The molecule has 0 saturated carbocycles. The van der Waals surface area contributed by atoms with Crippen LogP contribution in [0.3, 0.4) is 0 Å². The summed E-state index contributed by atoms with van der Waals surface area (Å²) in [5, 5.41) is 3.01. The zero-order valence-corrected chi connectivity index (χ0v) is 19.9. The molecule has 34 heavy (non-hydrogen) atoms. The molecule has 1 aromatic carbocycles. The summed E-state index contributed by atoms with van der Waals surface area (Å²) < 4.78 is 12.4. The molecule has 0 spiro atoms. The number of nitrogens with zero attached hydrogens (tertiary/aromatic N) is 3. The summed E-state index contributed by atoms with van der Waals surface area (Å²) in [5.74, 6) is 1.85. The average Bonchev–Trinajstić information content (AvgIpc) is 2.84. The molecule has 1 N–H and O–H groups in total. The summed E-state index contributed by atoms with van der Waals surface area (Å²) in [6, 6.07) is 15.4. The normalized spacial score (nSPS) is 16.3. The van der Waals surface area contributed by atoms with Gasteiger partial charge in [0.25, 0.3) is 0 Å². The van der Waals surface area contributed by atoms with E-state index >= 15 is 0 Å². The number of benzene rings is 1. The number of ether oxygens (including phenoxy) is 2. The van der Waals surface area contributed by atoms with Crippen molar-refractivity contribution in [2.75, 3.05) is 19.7 Å². The van der Waals surface area contributed by atoms with Gasteiger partial charge in [-0.2, -0.15) is 0 Å². The number of fused-ring (bicyclic) bond motifs is 2. The monoisotopic (exact) mass is 460 g/mol. The fourth-order valence-corrected chi connectivity index (χ4v) is 3.94. The minimum absolute atomic E-state index is 0.0134. The second kappa shape index (κ2) is 11.1. The molecule has 0 aliphatic carbocycles. The number of aromatic nitrogens is 2. The SMILES string of the molecule is CC1(C)CCCN(CC(=O)NCc2cccnc2)Cc2cccnc2Oc2ccccc2OC1. The van der Waals surface area contributed by atoms with E-state index in [0.717, 1.165) is 30.5 Å². The fourth-order valence-electron chi connectivity index (χ4n) is 3.94. The maximum atomic E-state index is 12.8. The topological polar surface area (TPSA) is 76.6 Å². The third-order valence-corrected chi connectivity index (χ3v) is 5.83. The number of para-hydroxylation sites is 2. The molecule has 7 nitrogen and oxygen atoms in total. The van der Waals surface area contributed by atoms with E-state index in [9.17, 15) is 4.79 Å². The largest absolute Gasteiger partial charge is 0.489 e. The van der Waals surface area contributed by atoms with E-state index in [1.807, 2.05) is 48.5 Å². The lowest BCUT2D eigenvalue weighted by molar-refractivity contribution is -0.122.